The van der Waals surface area contributed by atoms with Gasteiger partial charge in [-0.25, -0.2) is 0 Å². The minimum absolute atomic E-state index is 0.536. The molecule has 0 amide bonds. The maximum atomic E-state index is 10.3. The Kier molecular flexibility index (Phi) is 3.21. The second kappa shape index (κ2) is 4.83. The molecule has 1 atom stereocenters. The number of allylic oxidation sites excluding steroid dienone is 1. The van der Waals surface area contributed by atoms with Crippen molar-refractivity contribution in [3.63, 3.8) is 0 Å². The van der Waals surface area contributed by atoms with Crippen LogP contribution in [0.5, 0.6) is 0 Å². The van der Waals surface area contributed by atoms with Crippen molar-refractivity contribution in [1.29, 1.82) is 0 Å². The summed E-state index contributed by atoms with van der Waals surface area (Å²) in [4.78, 5) is 2.53. The third kappa shape index (κ3) is 2.26. The highest BCUT2D eigenvalue weighted by molar-refractivity contribution is 7.12. The second-order valence-electron chi connectivity index (χ2n) is 4.80. The van der Waals surface area contributed by atoms with E-state index in [0.29, 0.717) is 0 Å². The average Bonchev–Trinajstić information content (AvgIpc) is 2.82. The monoisotopic (exact) mass is 250 g/mol. The van der Waals surface area contributed by atoms with Gasteiger partial charge in [-0.2, -0.15) is 0 Å². The van der Waals surface area contributed by atoms with Crippen molar-refractivity contribution in [3.05, 3.63) is 33.2 Å². The molecule has 1 N–H and O–H groups in total. The molecule has 2 aliphatic rings. The van der Waals surface area contributed by atoms with Gasteiger partial charge in [-0.15, -0.1) is 11.3 Å². The topological polar surface area (TPSA) is 29.5 Å². The average molecular weight is 250 g/mol. The number of aliphatic hydroxyl groups excluding tert-OH is 1. The highest BCUT2D eigenvalue weighted by Crippen LogP contribution is 2.36. The molecule has 1 aromatic heterocycles. The Bertz CT molecular complexity index is 410. The molecule has 3 rings (SSSR count). The van der Waals surface area contributed by atoms with Crippen LogP contribution in [0.25, 0.3) is 0 Å². The standard InChI is InChI=1S/C14H18O2S/c15-14(11-6-3-4-8-16-11)13-9-10-5-1-2-7-12(10)17-13/h6,9,14-15H,1-5,7-8H2. The van der Waals surface area contributed by atoms with Gasteiger partial charge in [0.1, 0.15) is 11.9 Å². The van der Waals surface area contributed by atoms with Gasteiger partial charge in [0.2, 0.25) is 0 Å². The van der Waals surface area contributed by atoms with Crippen molar-refractivity contribution in [2.75, 3.05) is 6.61 Å². The molecule has 0 radical (unpaired) electrons. The Hall–Kier alpha value is -0.800. The third-order valence-corrected chi connectivity index (χ3v) is 4.81. The molecule has 0 saturated carbocycles. The zero-order chi connectivity index (χ0) is 11.7. The lowest BCUT2D eigenvalue weighted by molar-refractivity contribution is 0.0937. The number of hydrogen-bond donors (Lipinski definition) is 1. The van der Waals surface area contributed by atoms with Crippen LogP contribution in [0.1, 0.15) is 47.1 Å². The zero-order valence-corrected chi connectivity index (χ0v) is 10.8. The molecule has 17 heavy (non-hydrogen) atoms. The molecule has 0 bridgehead atoms. The van der Waals surface area contributed by atoms with Crippen LogP contribution in [0.2, 0.25) is 0 Å². The molecule has 0 aromatic carbocycles. The number of aryl methyl sites for hydroxylation is 2. The van der Waals surface area contributed by atoms with E-state index in [4.69, 9.17) is 4.74 Å². The van der Waals surface area contributed by atoms with Gasteiger partial charge < -0.3 is 9.84 Å². The molecule has 1 aromatic rings. The quantitative estimate of drug-likeness (QED) is 0.872. The first-order valence-electron chi connectivity index (χ1n) is 6.47. The van der Waals surface area contributed by atoms with E-state index in [1.54, 1.807) is 11.3 Å². The van der Waals surface area contributed by atoms with Crippen LogP contribution in [0, 0.1) is 0 Å². The van der Waals surface area contributed by atoms with E-state index in [2.05, 4.69) is 6.07 Å². The largest absolute Gasteiger partial charge is 0.495 e. The summed E-state index contributed by atoms with van der Waals surface area (Å²) in [7, 11) is 0. The Morgan fingerprint density at radius 1 is 1.24 bits per heavy atom. The molecule has 1 aliphatic heterocycles. The Balaban J connectivity index is 1.83. The van der Waals surface area contributed by atoms with Gasteiger partial charge in [0.25, 0.3) is 0 Å². The van der Waals surface area contributed by atoms with Crippen LogP contribution in [0.15, 0.2) is 17.9 Å². The summed E-state index contributed by atoms with van der Waals surface area (Å²) >= 11 is 1.77. The van der Waals surface area contributed by atoms with Crippen LogP contribution in [0.4, 0.5) is 0 Å². The van der Waals surface area contributed by atoms with Crippen molar-refractivity contribution >= 4 is 11.3 Å². The first kappa shape index (κ1) is 11.3. The molecule has 0 spiro atoms. The third-order valence-electron chi connectivity index (χ3n) is 3.52. The van der Waals surface area contributed by atoms with Gasteiger partial charge >= 0.3 is 0 Å². The van der Waals surface area contributed by atoms with Crippen LogP contribution in [-0.4, -0.2) is 11.7 Å². The molecule has 0 fully saturated rings. The first-order chi connectivity index (χ1) is 8.34. The fraction of sp³-hybridized carbons (Fsp3) is 0.571. The van der Waals surface area contributed by atoms with Crippen molar-refractivity contribution in [2.45, 2.75) is 44.6 Å². The Morgan fingerprint density at radius 2 is 2.12 bits per heavy atom. The molecular formula is C14H18O2S. The number of aliphatic hydroxyl groups is 1. The summed E-state index contributed by atoms with van der Waals surface area (Å²) in [5, 5.41) is 10.3. The maximum absolute atomic E-state index is 10.3. The van der Waals surface area contributed by atoms with Crippen molar-refractivity contribution in [2.24, 2.45) is 0 Å². The van der Waals surface area contributed by atoms with Crippen molar-refractivity contribution in [3.8, 4) is 0 Å². The van der Waals surface area contributed by atoms with E-state index in [9.17, 15) is 5.11 Å². The summed E-state index contributed by atoms with van der Waals surface area (Å²) in [6.07, 6.45) is 8.54. The number of ether oxygens (including phenoxy) is 1. The van der Waals surface area contributed by atoms with Gasteiger partial charge in [0, 0.05) is 9.75 Å². The predicted molar refractivity (Wildman–Crippen MR) is 69.2 cm³/mol. The molecule has 0 saturated heterocycles. The van der Waals surface area contributed by atoms with Gasteiger partial charge in [0.15, 0.2) is 0 Å². The van der Waals surface area contributed by atoms with E-state index in [0.717, 1.165) is 30.1 Å². The minimum atomic E-state index is -0.536. The normalized spacial score (nSPS) is 21.4. The summed E-state index contributed by atoms with van der Waals surface area (Å²) < 4.78 is 5.54. The maximum Gasteiger partial charge on any atom is 0.145 e. The second-order valence-corrected chi connectivity index (χ2v) is 5.97. The first-order valence-corrected chi connectivity index (χ1v) is 7.28. The number of fused-ring (bicyclic) bond motifs is 1. The number of rotatable bonds is 2. The molecule has 3 heteroatoms. The van der Waals surface area contributed by atoms with Crippen LogP contribution in [-0.2, 0) is 17.6 Å². The van der Waals surface area contributed by atoms with Gasteiger partial charge in [-0.1, -0.05) is 0 Å². The summed E-state index contributed by atoms with van der Waals surface area (Å²) in [5.41, 5.74) is 1.45. The predicted octanol–water partition coefficient (Wildman–Crippen LogP) is 3.35. The summed E-state index contributed by atoms with van der Waals surface area (Å²) in [6.45, 7) is 0.744. The molecule has 92 valence electrons. The lowest BCUT2D eigenvalue weighted by Gasteiger charge is -2.18. The lowest BCUT2D eigenvalue weighted by Crippen LogP contribution is -2.08. The fourth-order valence-electron chi connectivity index (χ4n) is 2.56. The SMILES string of the molecule is OC(C1=CCCCO1)c1cc2c(s1)CCCC2. The van der Waals surface area contributed by atoms with E-state index >= 15 is 0 Å². The highest BCUT2D eigenvalue weighted by atomic mass is 32.1. The number of thiophene rings is 1. The fourth-order valence-corrected chi connectivity index (χ4v) is 3.81. The molecule has 2 nitrogen and oxygen atoms in total. The van der Waals surface area contributed by atoms with E-state index in [-0.39, 0.29) is 0 Å². The van der Waals surface area contributed by atoms with Gasteiger partial charge in [0.05, 0.1) is 6.61 Å². The smallest absolute Gasteiger partial charge is 0.145 e. The van der Waals surface area contributed by atoms with E-state index < -0.39 is 6.10 Å². The molecule has 2 heterocycles. The highest BCUT2D eigenvalue weighted by Gasteiger charge is 2.22. The minimum Gasteiger partial charge on any atom is -0.495 e. The Labute approximate surface area is 106 Å². The van der Waals surface area contributed by atoms with Crippen LogP contribution >= 0.6 is 11.3 Å². The van der Waals surface area contributed by atoms with Gasteiger partial charge in [-0.05, 0) is 56.2 Å². The van der Waals surface area contributed by atoms with E-state index in [1.165, 1.54) is 36.1 Å². The lowest BCUT2D eigenvalue weighted by atomic mass is 9.99. The van der Waals surface area contributed by atoms with Crippen molar-refractivity contribution in [1.82, 2.24) is 0 Å². The molecular weight excluding hydrogens is 232 g/mol. The molecule has 1 unspecified atom stereocenters. The zero-order valence-electron chi connectivity index (χ0n) is 9.95. The van der Waals surface area contributed by atoms with Crippen LogP contribution < -0.4 is 0 Å². The molecule has 1 aliphatic carbocycles. The van der Waals surface area contributed by atoms with Crippen molar-refractivity contribution < 1.29 is 9.84 Å². The summed E-state index contributed by atoms with van der Waals surface area (Å²) in [6, 6.07) is 2.18. The van der Waals surface area contributed by atoms with Crippen LogP contribution in [0.3, 0.4) is 0 Å². The summed E-state index contributed by atoms with van der Waals surface area (Å²) in [5.74, 6) is 0.759. The van der Waals surface area contributed by atoms with Gasteiger partial charge in [-0.3, -0.25) is 0 Å². The number of hydrogen-bond acceptors (Lipinski definition) is 3. The van der Waals surface area contributed by atoms with E-state index in [1.807, 2.05) is 6.08 Å². The Morgan fingerprint density at radius 3 is 2.88 bits per heavy atom.